The number of amides is 2. The van der Waals surface area contributed by atoms with E-state index in [2.05, 4.69) is 115 Å². The molecule has 0 saturated carbocycles. The fourth-order valence-corrected chi connectivity index (χ4v) is 12.7. The molecule has 0 bridgehead atoms. The van der Waals surface area contributed by atoms with Crippen LogP contribution in [0.15, 0.2) is 152 Å². The van der Waals surface area contributed by atoms with Crippen LogP contribution in [0, 0.1) is 0 Å². The number of halogens is 4. The molecule has 516 valence electrons. The third-order valence-corrected chi connectivity index (χ3v) is 22.0. The summed E-state index contributed by atoms with van der Waals surface area (Å²) in [6.45, 7) is 15.3. The van der Waals surface area contributed by atoms with Crippen LogP contribution in [-0.4, -0.2) is 163 Å². The van der Waals surface area contributed by atoms with Crippen molar-refractivity contribution in [3.63, 3.8) is 0 Å². The average Bonchev–Trinajstić information content (AvgIpc) is 1.45. The topological polar surface area (TPSA) is 221 Å². The number of aromatic nitrogens is 10. The molecule has 0 aliphatic carbocycles. The standard InChI is InChI=1S/C49H57F2N7O3Si.C24H29F2N7O3/c1-47(2,3)62(8,9)60-33-48(4,5)54-45(59)39-32-57(49(34-20-13-10-14-21-34,35-22-15-11-16-23-35)36-24-17-12-18-25-36)44-43(39)53-40(31-52-44)42-38-30-37(61-46(50)51)26-27-41(38)58(55-42)29-19-28-56(6)7;1-24(2,13-34)30-22(35)16-11-27-21-20(16)29-17(12-28-21)19-15-10-14(36-23(25)26)6-7-18(15)33(31-19)9-5-8-32(3)4/h10-18,20-27,30-32,46H,19,28-29,33H2,1-9H3,(H,54,59);6-7,10-12,23,34H,5,8-9,13H2,1-4H3,(H,27,28)(H,30,35). The first kappa shape index (κ1) is 71.4. The molecular formula is C73H86F4N14O6Si. The predicted molar refractivity (Wildman–Crippen MR) is 376 cm³/mol. The molecule has 11 rings (SSSR count). The van der Waals surface area contributed by atoms with Crippen LogP contribution in [0.1, 0.15) is 98.7 Å². The number of hydrogen-bond donors (Lipinski definition) is 4. The van der Waals surface area contributed by atoms with Gasteiger partial charge in [0.05, 0.1) is 58.8 Å². The van der Waals surface area contributed by atoms with Gasteiger partial charge in [0.1, 0.15) is 50.8 Å². The van der Waals surface area contributed by atoms with Crippen molar-refractivity contribution in [3.8, 4) is 34.3 Å². The minimum Gasteiger partial charge on any atom is -0.435 e. The van der Waals surface area contributed by atoms with Gasteiger partial charge in [-0.25, -0.2) is 19.9 Å². The maximum absolute atomic E-state index is 15.0. The number of aliphatic hydroxyl groups is 1. The number of fused-ring (bicyclic) bond motifs is 4. The molecule has 0 atom stereocenters. The van der Waals surface area contributed by atoms with Crippen molar-refractivity contribution in [2.24, 2.45) is 0 Å². The summed E-state index contributed by atoms with van der Waals surface area (Å²) in [5.41, 5.74) is 5.45. The first-order valence-corrected chi connectivity index (χ1v) is 35.4. The molecule has 0 radical (unpaired) electrons. The number of alkyl halides is 4. The second-order valence-electron chi connectivity index (χ2n) is 27.8. The van der Waals surface area contributed by atoms with Gasteiger partial charge in [0.15, 0.2) is 19.6 Å². The Bertz CT molecular complexity index is 4470. The molecule has 6 heterocycles. The Kier molecular flexibility index (Phi) is 21.4. The van der Waals surface area contributed by atoms with Gasteiger partial charge in [-0.15, -0.1) is 0 Å². The molecular weight excluding hydrogens is 1270 g/mol. The van der Waals surface area contributed by atoms with Crippen LogP contribution in [0.5, 0.6) is 11.5 Å². The van der Waals surface area contributed by atoms with Crippen molar-refractivity contribution < 1.29 is 46.2 Å². The largest absolute Gasteiger partial charge is 0.435 e. The third-order valence-electron chi connectivity index (χ3n) is 17.5. The van der Waals surface area contributed by atoms with Crippen molar-refractivity contribution in [1.29, 1.82) is 0 Å². The number of rotatable bonds is 26. The molecule has 0 saturated heterocycles. The summed E-state index contributed by atoms with van der Waals surface area (Å²) < 4.78 is 74.6. The van der Waals surface area contributed by atoms with Gasteiger partial charge in [-0.3, -0.25) is 19.0 Å². The lowest BCUT2D eigenvalue weighted by molar-refractivity contribution is -0.0504. The normalized spacial score (nSPS) is 12.6. The fraction of sp³-hybridized carbons (Fsp3) is 0.370. The molecule has 98 heavy (non-hydrogen) atoms. The van der Waals surface area contributed by atoms with Crippen molar-refractivity contribution in [2.45, 2.75) is 122 Å². The Labute approximate surface area is 568 Å². The monoisotopic (exact) mass is 1360 g/mol. The van der Waals surface area contributed by atoms with E-state index in [0.29, 0.717) is 81.1 Å². The van der Waals surface area contributed by atoms with Gasteiger partial charge in [0, 0.05) is 36.3 Å². The maximum atomic E-state index is 15.0. The number of carbonyl (C=O) groups is 2. The Morgan fingerprint density at radius 1 is 0.612 bits per heavy atom. The molecule has 0 aliphatic heterocycles. The highest BCUT2D eigenvalue weighted by atomic mass is 28.4. The summed E-state index contributed by atoms with van der Waals surface area (Å²) in [7, 11) is 5.83. The van der Waals surface area contributed by atoms with Gasteiger partial charge in [0.2, 0.25) is 0 Å². The molecule has 0 aliphatic rings. The van der Waals surface area contributed by atoms with Gasteiger partial charge >= 0.3 is 13.2 Å². The van der Waals surface area contributed by atoms with E-state index in [-0.39, 0.29) is 34.6 Å². The zero-order chi connectivity index (χ0) is 70.5. The Hall–Kier alpha value is -9.40. The van der Waals surface area contributed by atoms with E-state index in [4.69, 9.17) is 29.3 Å². The summed E-state index contributed by atoms with van der Waals surface area (Å²) in [6, 6.07) is 40.0. The lowest BCUT2D eigenvalue weighted by Crippen LogP contribution is -2.51. The molecule has 2 amide bonds. The van der Waals surface area contributed by atoms with Gasteiger partial charge in [-0.1, -0.05) is 112 Å². The van der Waals surface area contributed by atoms with Crippen LogP contribution in [0.25, 0.3) is 66.9 Å². The van der Waals surface area contributed by atoms with E-state index in [0.717, 1.165) is 53.7 Å². The number of aryl methyl sites for hydroxylation is 2. The van der Waals surface area contributed by atoms with E-state index in [9.17, 15) is 32.3 Å². The first-order chi connectivity index (χ1) is 46.5. The van der Waals surface area contributed by atoms with E-state index in [1.807, 2.05) is 108 Å². The van der Waals surface area contributed by atoms with Gasteiger partial charge in [-0.2, -0.15) is 27.8 Å². The zero-order valence-electron chi connectivity index (χ0n) is 57.7. The molecule has 0 spiro atoms. The SMILES string of the molecule is CN(C)CCCn1nc(-c2cnc3[nH]cc(C(=O)NC(C)(C)CO)c3n2)c2cc(OC(F)F)ccc21.CN(C)CCCn1nc(-c2cnc3c(n2)c(C(=O)NC(C)(C)CO[Si](C)(C)C(C)(C)C)cn3C(c2ccccc2)(c2ccccc2)c2ccccc2)c2cc(OC(F)F)ccc21. The number of aliphatic hydroxyl groups excluding tert-OH is 1. The third kappa shape index (κ3) is 15.8. The summed E-state index contributed by atoms with van der Waals surface area (Å²) in [4.78, 5) is 54.4. The number of ether oxygens (including phenoxy) is 2. The molecule has 4 N–H and O–H groups in total. The Morgan fingerprint density at radius 2 is 1.06 bits per heavy atom. The minimum absolute atomic E-state index is 0.00219. The summed E-state index contributed by atoms with van der Waals surface area (Å²) in [6.07, 6.45) is 8.15. The number of carbonyl (C=O) groups excluding carboxylic acids is 2. The molecule has 20 nitrogen and oxygen atoms in total. The van der Waals surface area contributed by atoms with Crippen LogP contribution in [0.2, 0.25) is 18.1 Å². The number of nitrogens with one attached hydrogen (secondary N) is 3. The predicted octanol–water partition coefficient (Wildman–Crippen LogP) is 13.4. The minimum atomic E-state index is -3.00. The van der Waals surface area contributed by atoms with Gasteiger partial charge in [0.25, 0.3) is 11.8 Å². The second kappa shape index (κ2) is 29.4. The van der Waals surface area contributed by atoms with E-state index in [1.165, 1.54) is 30.6 Å². The summed E-state index contributed by atoms with van der Waals surface area (Å²) in [5, 5.41) is 26.4. The number of nitrogens with zero attached hydrogens (tertiary/aromatic N) is 11. The fourth-order valence-electron chi connectivity index (χ4n) is 11.5. The van der Waals surface area contributed by atoms with Crippen molar-refractivity contribution in [2.75, 3.05) is 54.5 Å². The quantitative estimate of drug-likeness (QED) is 0.0225. The van der Waals surface area contributed by atoms with Gasteiger partial charge in [-0.05, 0) is 153 Å². The van der Waals surface area contributed by atoms with Gasteiger partial charge < -0.3 is 49.0 Å². The van der Waals surface area contributed by atoms with Crippen LogP contribution < -0.4 is 20.1 Å². The van der Waals surface area contributed by atoms with Crippen LogP contribution in [-0.2, 0) is 23.1 Å². The van der Waals surface area contributed by atoms with E-state index < -0.39 is 44.1 Å². The zero-order valence-corrected chi connectivity index (χ0v) is 58.7. The number of benzene rings is 5. The average molecular weight is 1360 g/mol. The highest BCUT2D eigenvalue weighted by molar-refractivity contribution is 6.74. The van der Waals surface area contributed by atoms with Crippen molar-refractivity contribution in [1.82, 2.24) is 69.5 Å². The number of H-pyrrole nitrogens is 1. The van der Waals surface area contributed by atoms with Crippen LogP contribution >= 0.6 is 0 Å². The molecule has 25 heteroatoms. The highest BCUT2D eigenvalue weighted by Crippen LogP contribution is 2.45. The molecule has 5 aromatic carbocycles. The molecule has 0 fully saturated rings. The Balaban J connectivity index is 0.000000245. The Morgan fingerprint density at radius 3 is 1.51 bits per heavy atom. The lowest BCUT2D eigenvalue weighted by Gasteiger charge is -2.39. The first-order valence-electron chi connectivity index (χ1n) is 32.5. The summed E-state index contributed by atoms with van der Waals surface area (Å²) in [5.74, 6) is -0.756. The highest BCUT2D eigenvalue weighted by Gasteiger charge is 2.43. The second-order valence-corrected chi connectivity index (χ2v) is 32.6. The lowest BCUT2D eigenvalue weighted by atomic mass is 9.76. The van der Waals surface area contributed by atoms with Crippen LogP contribution in [0.3, 0.4) is 0 Å². The van der Waals surface area contributed by atoms with E-state index in [1.54, 1.807) is 42.9 Å². The van der Waals surface area contributed by atoms with E-state index >= 15 is 0 Å². The van der Waals surface area contributed by atoms with Crippen LogP contribution in [0.4, 0.5) is 17.6 Å². The smallest absolute Gasteiger partial charge is 0.387 e. The molecule has 0 unspecified atom stereocenters. The summed E-state index contributed by atoms with van der Waals surface area (Å²) >= 11 is 0. The van der Waals surface area contributed by atoms with Crippen molar-refractivity contribution >= 4 is 64.3 Å². The molecule has 11 aromatic rings. The molecule has 6 aromatic heterocycles. The van der Waals surface area contributed by atoms with Crippen molar-refractivity contribution in [3.05, 3.63) is 180 Å². The number of aromatic amines is 1. The number of hydrogen-bond acceptors (Lipinski definition) is 14. The maximum Gasteiger partial charge on any atom is 0.387 e.